The van der Waals surface area contributed by atoms with Crippen LogP contribution < -0.4 is 20.1 Å². The van der Waals surface area contributed by atoms with Gasteiger partial charge in [0.05, 0.1) is 26.8 Å². The van der Waals surface area contributed by atoms with Crippen molar-refractivity contribution in [2.75, 3.05) is 33.1 Å². The molecule has 0 saturated heterocycles. The minimum Gasteiger partial charge on any atom is -0.493 e. The fourth-order valence-corrected chi connectivity index (χ4v) is 3.31. The van der Waals surface area contributed by atoms with Gasteiger partial charge in [-0.05, 0) is 69.1 Å². The number of aryl methyl sites for hydroxylation is 3. The van der Waals surface area contributed by atoms with E-state index in [1.165, 1.54) is 0 Å². The normalized spacial score (nSPS) is 11.7. The number of hydrogen-bond acceptors (Lipinski definition) is 5. The molecule has 0 unspecified atom stereocenters. The number of anilines is 1. The van der Waals surface area contributed by atoms with Crippen LogP contribution >= 0.6 is 0 Å². The van der Waals surface area contributed by atoms with Gasteiger partial charge in [-0.1, -0.05) is 18.2 Å². The summed E-state index contributed by atoms with van der Waals surface area (Å²) in [6.45, 7) is 8.15. The van der Waals surface area contributed by atoms with E-state index in [9.17, 15) is 9.59 Å². The Labute approximate surface area is 184 Å². The number of hydrogen-bond donors (Lipinski definition) is 2. The molecule has 0 heterocycles. The van der Waals surface area contributed by atoms with Crippen molar-refractivity contribution < 1.29 is 19.1 Å². The van der Waals surface area contributed by atoms with Crippen LogP contribution in [0.3, 0.4) is 0 Å². The minimum atomic E-state index is -0.416. The Hall–Kier alpha value is -3.06. The van der Waals surface area contributed by atoms with Crippen LogP contribution in [0.25, 0.3) is 0 Å². The molecule has 2 rings (SSSR count). The number of likely N-dealkylation sites (N-methyl/N-ethyl adjacent to an activating group) is 1. The zero-order valence-electron chi connectivity index (χ0n) is 19.5. The lowest BCUT2D eigenvalue weighted by molar-refractivity contribution is -0.127. The molecule has 0 spiro atoms. The fourth-order valence-electron chi connectivity index (χ4n) is 3.31. The molecule has 0 radical (unpaired) electrons. The second-order valence-electron chi connectivity index (χ2n) is 7.76. The second-order valence-corrected chi connectivity index (χ2v) is 7.76. The maximum absolute atomic E-state index is 12.6. The molecule has 1 atom stereocenters. The molecule has 2 aromatic rings. The first-order chi connectivity index (χ1) is 14.7. The van der Waals surface area contributed by atoms with Crippen molar-refractivity contribution in [3.63, 3.8) is 0 Å². The van der Waals surface area contributed by atoms with Gasteiger partial charge < -0.3 is 20.1 Å². The average molecular weight is 428 g/mol. The minimum absolute atomic E-state index is 0.0832. The molecule has 0 bridgehead atoms. The van der Waals surface area contributed by atoms with Gasteiger partial charge in [0.15, 0.2) is 11.5 Å². The number of rotatable bonds is 9. The van der Waals surface area contributed by atoms with Gasteiger partial charge in [0.25, 0.3) is 0 Å². The Morgan fingerprint density at radius 3 is 2.16 bits per heavy atom. The fraction of sp³-hybridized carbons (Fsp3) is 0.417. The Balaban J connectivity index is 1.95. The van der Waals surface area contributed by atoms with E-state index in [-0.39, 0.29) is 18.4 Å². The topological polar surface area (TPSA) is 79.9 Å². The number of carbonyl (C=O) groups is 2. The monoisotopic (exact) mass is 427 g/mol. The third-order valence-corrected chi connectivity index (χ3v) is 5.47. The van der Waals surface area contributed by atoms with E-state index in [0.29, 0.717) is 18.0 Å². The molecular formula is C24H33N3O4. The van der Waals surface area contributed by atoms with Crippen LogP contribution in [0.5, 0.6) is 11.5 Å². The van der Waals surface area contributed by atoms with Crippen molar-refractivity contribution in [2.24, 2.45) is 0 Å². The van der Waals surface area contributed by atoms with Crippen LogP contribution in [0.2, 0.25) is 0 Å². The molecule has 0 aliphatic heterocycles. The Bertz CT molecular complexity index is 922. The lowest BCUT2D eigenvalue weighted by Crippen LogP contribution is -2.45. The van der Waals surface area contributed by atoms with Crippen molar-refractivity contribution in [1.82, 2.24) is 10.2 Å². The van der Waals surface area contributed by atoms with Gasteiger partial charge in [-0.3, -0.25) is 14.5 Å². The molecule has 2 amide bonds. The van der Waals surface area contributed by atoms with E-state index >= 15 is 0 Å². The second kappa shape index (κ2) is 10.8. The Kier molecular flexibility index (Phi) is 8.45. The molecular weight excluding hydrogens is 394 g/mol. The molecule has 0 aliphatic rings. The summed E-state index contributed by atoms with van der Waals surface area (Å²) in [6.07, 6.45) is 0. The van der Waals surface area contributed by atoms with Crippen LogP contribution in [0.15, 0.2) is 30.3 Å². The summed E-state index contributed by atoms with van der Waals surface area (Å²) in [4.78, 5) is 26.8. The highest BCUT2D eigenvalue weighted by atomic mass is 16.5. The number of nitrogens with one attached hydrogen (secondary N) is 2. The molecule has 0 saturated carbocycles. The summed E-state index contributed by atoms with van der Waals surface area (Å²) in [6, 6.07) is 9.25. The number of ether oxygens (including phenoxy) is 2. The van der Waals surface area contributed by atoms with Gasteiger partial charge in [0.2, 0.25) is 11.8 Å². The van der Waals surface area contributed by atoms with Crippen LogP contribution in [0.4, 0.5) is 5.69 Å². The zero-order chi connectivity index (χ0) is 23.1. The van der Waals surface area contributed by atoms with Crippen LogP contribution in [-0.2, 0) is 16.1 Å². The standard InChI is InChI=1S/C24H33N3O4/c1-15-9-8-10-16(2)23(15)26-22(28)13-25-24(29)18(4)27(5)14-19-12-21(31-7)20(30-6)11-17(19)3/h8-12,18H,13-14H2,1-7H3,(H,25,29)(H,26,28)/t18-/m1/s1. The maximum Gasteiger partial charge on any atom is 0.243 e. The highest BCUT2D eigenvalue weighted by Crippen LogP contribution is 2.30. The molecule has 2 aromatic carbocycles. The highest BCUT2D eigenvalue weighted by molar-refractivity contribution is 5.96. The van der Waals surface area contributed by atoms with Gasteiger partial charge >= 0.3 is 0 Å². The largest absolute Gasteiger partial charge is 0.493 e. The van der Waals surface area contributed by atoms with E-state index in [1.807, 2.05) is 70.0 Å². The Morgan fingerprint density at radius 2 is 1.58 bits per heavy atom. The van der Waals surface area contributed by atoms with Crippen molar-refractivity contribution >= 4 is 17.5 Å². The van der Waals surface area contributed by atoms with Gasteiger partial charge in [0.1, 0.15) is 0 Å². The van der Waals surface area contributed by atoms with E-state index < -0.39 is 6.04 Å². The molecule has 2 N–H and O–H groups in total. The quantitative estimate of drug-likeness (QED) is 0.642. The van der Waals surface area contributed by atoms with Crippen molar-refractivity contribution in [2.45, 2.75) is 40.3 Å². The number of para-hydroxylation sites is 1. The van der Waals surface area contributed by atoms with Gasteiger partial charge in [-0.25, -0.2) is 0 Å². The number of benzene rings is 2. The lowest BCUT2D eigenvalue weighted by atomic mass is 10.1. The van der Waals surface area contributed by atoms with Gasteiger partial charge in [-0.2, -0.15) is 0 Å². The average Bonchev–Trinajstić information content (AvgIpc) is 2.75. The third kappa shape index (κ3) is 6.21. The van der Waals surface area contributed by atoms with Crippen molar-refractivity contribution in [3.05, 3.63) is 52.6 Å². The Morgan fingerprint density at radius 1 is 1.00 bits per heavy atom. The summed E-state index contributed by atoms with van der Waals surface area (Å²) in [5.74, 6) is 0.859. The third-order valence-electron chi connectivity index (χ3n) is 5.47. The number of carbonyl (C=O) groups excluding carboxylic acids is 2. The molecule has 0 aliphatic carbocycles. The van der Waals surface area contributed by atoms with Crippen molar-refractivity contribution in [3.8, 4) is 11.5 Å². The predicted molar refractivity (Wildman–Crippen MR) is 123 cm³/mol. The van der Waals surface area contributed by atoms with E-state index in [0.717, 1.165) is 27.9 Å². The van der Waals surface area contributed by atoms with Gasteiger partial charge in [0, 0.05) is 12.2 Å². The first-order valence-electron chi connectivity index (χ1n) is 10.2. The number of methoxy groups -OCH3 is 2. The summed E-state index contributed by atoms with van der Waals surface area (Å²) in [5, 5.41) is 5.61. The SMILES string of the molecule is COc1cc(C)c(CN(C)[C@H](C)C(=O)NCC(=O)Nc2c(C)cccc2C)cc1OC. The van der Waals surface area contributed by atoms with Crippen LogP contribution in [0, 0.1) is 20.8 Å². The van der Waals surface area contributed by atoms with Crippen molar-refractivity contribution in [1.29, 1.82) is 0 Å². The first-order valence-corrected chi connectivity index (χ1v) is 10.2. The maximum atomic E-state index is 12.6. The van der Waals surface area contributed by atoms with Gasteiger partial charge in [-0.15, -0.1) is 0 Å². The molecule has 0 aromatic heterocycles. The number of nitrogens with zero attached hydrogens (tertiary/aromatic N) is 1. The van der Waals surface area contributed by atoms with Crippen LogP contribution in [0.1, 0.15) is 29.2 Å². The predicted octanol–water partition coefficient (Wildman–Crippen LogP) is 3.20. The summed E-state index contributed by atoms with van der Waals surface area (Å²) < 4.78 is 10.7. The number of amides is 2. The first kappa shape index (κ1) is 24.2. The molecule has 31 heavy (non-hydrogen) atoms. The summed E-state index contributed by atoms with van der Waals surface area (Å²) in [7, 11) is 5.07. The lowest BCUT2D eigenvalue weighted by Gasteiger charge is -2.25. The smallest absolute Gasteiger partial charge is 0.243 e. The van der Waals surface area contributed by atoms with E-state index in [2.05, 4.69) is 10.6 Å². The molecule has 168 valence electrons. The zero-order valence-corrected chi connectivity index (χ0v) is 19.5. The van der Waals surface area contributed by atoms with E-state index in [4.69, 9.17) is 9.47 Å². The molecule has 0 fully saturated rings. The van der Waals surface area contributed by atoms with Crippen LogP contribution in [-0.4, -0.2) is 50.6 Å². The van der Waals surface area contributed by atoms with E-state index in [1.54, 1.807) is 14.2 Å². The highest BCUT2D eigenvalue weighted by Gasteiger charge is 2.20. The summed E-state index contributed by atoms with van der Waals surface area (Å²) in [5.41, 5.74) is 4.84. The molecule has 7 nitrogen and oxygen atoms in total. The molecule has 7 heteroatoms. The summed E-state index contributed by atoms with van der Waals surface area (Å²) >= 11 is 0.